The fraction of sp³-hybridized carbons (Fsp3) is 0.235. The van der Waals surface area contributed by atoms with E-state index in [-0.39, 0.29) is 11.4 Å². The molecular weight excluding hydrogens is 297 g/mol. The van der Waals surface area contributed by atoms with Gasteiger partial charge in [0, 0.05) is 6.20 Å². The van der Waals surface area contributed by atoms with Gasteiger partial charge in [-0.15, -0.1) is 0 Å². The lowest BCUT2D eigenvalue weighted by atomic mass is 10.0. The molecule has 0 fully saturated rings. The number of carbonyl (C=O) groups is 1. The van der Waals surface area contributed by atoms with Gasteiger partial charge in [-0.05, 0) is 44.5 Å². The smallest absolute Gasteiger partial charge is 0.329 e. The van der Waals surface area contributed by atoms with Gasteiger partial charge in [0.05, 0.1) is 5.56 Å². The highest BCUT2D eigenvalue weighted by molar-refractivity contribution is 5.84. The Balaban J connectivity index is 2.42. The van der Waals surface area contributed by atoms with Gasteiger partial charge < -0.3 is 5.11 Å². The molecule has 0 unspecified atom stereocenters. The second-order valence-electron chi connectivity index (χ2n) is 5.97. The maximum atomic E-state index is 14.2. The molecule has 5 nitrogen and oxygen atoms in total. The number of hydrogen-bond acceptors (Lipinski definition) is 3. The number of benzene rings is 1. The zero-order chi connectivity index (χ0) is 16.8. The molecule has 2 heterocycles. The Labute approximate surface area is 132 Å². The summed E-state index contributed by atoms with van der Waals surface area (Å²) in [7, 11) is 0. The number of fused-ring (bicyclic) bond motifs is 1. The van der Waals surface area contributed by atoms with Gasteiger partial charge in [0.15, 0.2) is 5.65 Å². The van der Waals surface area contributed by atoms with Gasteiger partial charge in [0.2, 0.25) is 0 Å². The van der Waals surface area contributed by atoms with Crippen molar-refractivity contribution in [2.75, 3.05) is 0 Å². The first kappa shape index (κ1) is 15.1. The molecule has 0 saturated heterocycles. The van der Waals surface area contributed by atoms with Crippen LogP contribution in [0, 0.1) is 12.7 Å². The monoisotopic (exact) mass is 313 g/mol. The van der Waals surface area contributed by atoms with Crippen molar-refractivity contribution in [2.45, 2.75) is 26.3 Å². The van der Waals surface area contributed by atoms with Crippen LogP contribution in [0.3, 0.4) is 0 Å². The average Bonchev–Trinajstić information content (AvgIpc) is 2.86. The molecular formula is C17H16FN3O2. The van der Waals surface area contributed by atoms with Crippen molar-refractivity contribution in [3.8, 4) is 11.4 Å². The molecule has 0 aliphatic heterocycles. The van der Waals surface area contributed by atoms with Crippen LogP contribution in [0.15, 0.2) is 36.5 Å². The van der Waals surface area contributed by atoms with E-state index in [1.165, 1.54) is 10.6 Å². The van der Waals surface area contributed by atoms with E-state index in [1.807, 2.05) is 6.92 Å². The molecule has 0 amide bonds. The summed E-state index contributed by atoms with van der Waals surface area (Å²) in [5, 5.41) is 9.60. The van der Waals surface area contributed by atoms with Crippen molar-refractivity contribution in [1.29, 1.82) is 0 Å². The van der Waals surface area contributed by atoms with Crippen LogP contribution in [0.4, 0.5) is 4.39 Å². The quantitative estimate of drug-likeness (QED) is 0.805. The first-order chi connectivity index (χ1) is 10.8. The van der Waals surface area contributed by atoms with E-state index in [4.69, 9.17) is 0 Å². The van der Waals surface area contributed by atoms with Crippen molar-refractivity contribution in [3.63, 3.8) is 0 Å². The zero-order valence-corrected chi connectivity index (χ0v) is 13.0. The van der Waals surface area contributed by atoms with Crippen molar-refractivity contribution in [1.82, 2.24) is 14.5 Å². The van der Waals surface area contributed by atoms with Gasteiger partial charge in [0.1, 0.15) is 22.7 Å². The molecule has 118 valence electrons. The van der Waals surface area contributed by atoms with Crippen molar-refractivity contribution in [3.05, 3.63) is 47.9 Å². The van der Waals surface area contributed by atoms with Crippen molar-refractivity contribution >= 4 is 17.1 Å². The lowest BCUT2D eigenvalue weighted by Gasteiger charge is -2.24. The van der Waals surface area contributed by atoms with Crippen LogP contribution in [0.2, 0.25) is 0 Å². The zero-order valence-electron chi connectivity index (χ0n) is 13.0. The molecule has 1 aromatic carbocycles. The lowest BCUT2D eigenvalue weighted by molar-refractivity contribution is -0.145. The van der Waals surface area contributed by atoms with Gasteiger partial charge in [-0.3, -0.25) is 4.57 Å². The predicted octanol–water partition coefficient (Wildman–Crippen LogP) is 3.37. The highest BCUT2D eigenvalue weighted by Crippen LogP contribution is 2.32. The second-order valence-corrected chi connectivity index (χ2v) is 5.97. The van der Waals surface area contributed by atoms with Crippen molar-refractivity contribution in [2.24, 2.45) is 0 Å². The Bertz CT molecular complexity index is 915. The Kier molecular flexibility index (Phi) is 3.39. The maximum absolute atomic E-state index is 14.2. The number of carboxylic acids is 1. The molecule has 2 aromatic heterocycles. The number of aromatic nitrogens is 3. The number of aryl methyl sites for hydroxylation is 1. The molecule has 3 rings (SSSR count). The van der Waals surface area contributed by atoms with Gasteiger partial charge >= 0.3 is 5.97 Å². The van der Waals surface area contributed by atoms with Crippen LogP contribution >= 0.6 is 0 Å². The Hall–Kier alpha value is -2.76. The highest BCUT2D eigenvalue weighted by Gasteiger charge is 2.35. The fourth-order valence-electron chi connectivity index (χ4n) is 2.51. The first-order valence-corrected chi connectivity index (χ1v) is 7.16. The molecule has 1 N–H and O–H groups in total. The standard InChI is InChI=1S/C17H16FN3O2/c1-10-8-13-15(19-9-10)21(17(2,3)16(22)23)14(20-13)11-6-4-5-7-12(11)18/h4-9H,1-3H3,(H,22,23). The largest absolute Gasteiger partial charge is 0.480 e. The minimum absolute atomic E-state index is 0.248. The Morgan fingerprint density at radius 3 is 2.65 bits per heavy atom. The van der Waals surface area contributed by atoms with Gasteiger partial charge in [0.25, 0.3) is 0 Å². The number of hydrogen-bond donors (Lipinski definition) is 1. The number of rotatable bonds is 3. The topological polar surface area (TPSA) is 68.0 Å². The highest BCUT2D eigenvalue weighted by atomic mass is 19.1. The Morgan fingerprint density at radius 2 is 2.00 bits per heavy atom. The number of carboxylic acid groups (broad SMARTS) is 1. The normalized spacial score (nSPS) is 11.8. The number of aliphatic carboxylic acids is 1. The average molecular weight is 313 g/mol. The maximum Gasteiger partial charge on any atom is 0.329 e. The minimum atomic E-state index is -1.32. The van der Waals surface area contributed by atoms with Crippen LogP contribution in [0.1, 0.15) is 19.4 Å². The first-order valence-electron chi connectivity index (χ1n) is 7.16. The molecule has 0 radical (unpaired) electrons. The lowest BCUT2D eigenvalue weighted by Crippen LogP contribution is -2.36. The molecule has 0 atom stereocenters. The third kappa shape index (κ3) is 2.36. The van der Waals surface area contributed by atoms with Gasteiger partial charge in [-0.25, -0.2) is 19.2 Å². The molecule has 3 aromatic rings. The van der Waals surface area contributed by atoms with Crippen LogP contribution in [-0.4, -0.2) is 25.6 Å². The van der Waals surface area contributed by atoms with Crippen LogP contribution in [0.25, 0.3) is 22.6 Å². The van der Waals surface area contributed by atoms with E-state index in [1.54, 1.807) is 44.3 Å². The molecule has 0 aliphatic carbocycles. The fourth-order valence-corrected chi connectivity index (χ4v) is 2.51. The van der Waals surface area contributed by atoms with Crippen LogP contribution < -0.4 is 0 Å². The summed E-state index contributed by atoms with van der Waals surface area (Å²) in [6.45, 7) is 4.96. The number of halogens is 1. The minimum Gasteiger partial charge on any atom is -0.480 e. The SMILES string of the molecule is Cc1cnc2c(c1)nc(-c1ccccc1F)n2C(C)(C)C(=O)O. The third-order valence-electron chi connectivity index (χ3n) is 3.83. The van der Waals surface area contributed by atoms with Crippen molar-refractivity contribution < 1.29 is 14.3 Å². The summed E-state index contributed by atoms with van der Waals surface area (Å²) >= 11 is 0. The Morgan fingerprint density at radius 1 is 1.30 bits per heavy atom. The van der Waals surface area contributed by atoms with Gasteiger partial charge in [-0.1, -0.05) is 12.1 Å². The third-order valence-corrected chi connectivity index (χ3v) is 3.83. The summed E-state index contributed by atoms with van der Waals surface area (Å²) < 4.78 is 15.7. The molecule has 0 spiro atoms. The summed E-state index contributed by atoms with van der Waals surface area (Å²) in [5.41, 5.74) is 0.779. The molecule has 0 bridgehead atoms. The molecule has 6 heteroatoms. The van der Waals surface area contributed by atoms with E-state index >= 15 is 0 Å². The van der Waals surface area contributed by atoms with Crippen LogP contribution in [-0.2, 0) is 10.3 Å². The van der Waals surface area contributed by atoms with E-state index < -0.39 is 17.3 Å². The molecule has 0 aliphatic rings. The van der Waals surface area contributed by atoms with E-state index in [9.17, 15) is 14.3 Å². The number of pyridine rings is 1. The van der Waals surface area contributed by atoms with Crippen LogP contribution in [0.5, 0.6) is 0 Å². The molecule has 23 heavy (non-hydrogen) atoms. The van der Waals surface area contributed by atoms with E-state index in [0.717, 1.165) is 5.56 Å². The van der Waals surface area contributed by atoms with E-state index in [2.05, 4.69) is 9.97 Å². The summed E-state index contributed by atoms with van der Waals surface area (Å²) in [4.78, 5) is 20.5. The molecule has 0 saturated carbocycles. The van der Waals surface area contributed by atoms with Gasteiger partial charge in [-0.2, -0.15) is 0 Å². The summed E-state index contributed by atoms with van der Waals surface area (Å²) in [6.07, 6.45) is 1.64. The second kappa shape index (κ2) is 5.15. The number of nitrogens with zero attached hydrogens (tertiary/aromatic N) is 3. The summed E-state index contributed by atoms with van der Waals surface area (Å²) in [6, 6.07) is 7.98. The summed E-state index contributed by atoms with van der Waals surface area (Å²) in [5.74, 6) is -1.25. The predicted molar refractivity (Wildman–Crippen MR) is 84.6 cm³/mol. The number of imidazole rings is 1. The van der Waals surface area contributed by atoms with E-state index in [0.29, 0.717) is 11.2 Å².